The maximum absolute atomic E-state index is 12.3. The zero-order chi connectivity index (χ0) is 19.6. The van der Waals surface area contributed by atoms with Gasteiger partial charge in [-0.3, -0.25) is 19.3 Å². The molecule has 0 unspecified atom stereocenters. The van der Waals surface area contributed by atoms with Crippen molar-refractivity contribution in [3.05, 3.63) is 52.3 Å². The highest BCUT2D eigenvalue weighted by Gasteiger charge is 2.33. The summed E-state index contributed by atoms with van der Waals surface area (Å²) >= 11 is 6.07. The molecular formula is C17H13N2O6S2-. The molecule has 1 fully saturated rings. The molecule has 1 aliphatic rings. The van der Waals surface area contributed by atoms with Gasteiger partial charge in [0.1, 0.15) is 22.4 Å². The molecule has 2 heterocycles. The molecule has 0 aliphatic carbocycles. The second kappa shape index (κ2) is 7.92. The number of thiocarbonyl (C=S) groups is 1. The molecular weight excluding hydrogens is 392 g/mol. The summed E-state index contributed by atoms with van der Waals surface area (Å²) in [7, 11) is 1.28. The Bertz CT molecular complexity index is 922. The number of hydrogen-bond acceptors (Lipinski definition) is 8. The summed E-state index contributed by atoms with van der Waals surface area (Å²) in [5.41, 5.74) is 1.08. The highest BCUT2D eigenvalue weighted by atomic mass is 32.2. The summed E-state index contributed by atoms with van der Waals surface area (Å²) < 4.78 is 5.91. The van der Waals surface area contributed by atoms with Crippen molar-refractivity contribution in [2.75, 3.05) is 18.9 Å². The topological polar surface area (TPSA) is 106 Å². The number of furan rings is 1. The zero-order valence-corrected chi connectivity index (χ0v) is 15.6. The number of carboxylic acids is 1. The third kappa shape index (κ3) is 4.19. The van der Waals surface area contributed by atoms with Gasteiger partial charge in [-0.2, -0.15) is 0 Å². The van der Waals surface area contributed by atoms with Gasteiger partial charge in [-0.05, 0) is 36.4 Å². The van der Waals surface area contributed by atoms with Crippen LogP contribution >= 0.6 is 24.0 Å². The third-order valence-corrected chi connectivity index (χ3v) is 4.97. The number of carboxylic acid groups (broad SMARTS) is 1. The van der Waals surface area contributed by atoms with Crippen LogP contribution in [0.5, 0.6) is 0 Å². The van der Waals surface area contributed by atoms with E-state index in [1.165, 1.54) is 13.2 Å². The predicted octanol–water partition coefficient (Wildman–Crippen LogP) is 3.10. The van der Waals surface area contributed by atoms with Crippen molar-refractivity contribution < 1.29 is 24.0 Å². The first-order valence-corrected chi connectivity index (χ1v) is 8.80. The lowest BCUT2D eigenvalue weighted by Gasteiger charge is -2.26. The van der Waals surface area contributed by atoms with Gasteiger partial charge >= 0.3 is 5.97 Å². The van der Waals surface area contributed by atoms with Gasteiger partial charge in [0.15, 0.2) is 0 Å². The molecule has 2 aromatic rings. The van der Waals surface area contributed by atoms with E-state index in [0.29, 0.717) is 27.3 Å². The predicted molar refractivity (Wildman–Crippen MR) is 105 cm³/mol. The van der Waals surface area contributed by atoms with Crippen LogP contribution in [0.25, 0.3) is 17.4 Å². The van der Waals surface area contributed by atoms with Crippen LogP contribution in [0, 0.1) is 5.21 Å². The summed E-state index contributed by atoms with van der Waals surface area (Å²) in [4.78, 5) is 29.0. The molecule has 1 aromatic heterocycles. The second-order valence-electron chi connectivity index (χ2n) is 5.35. The fraction of sp³-hybridized carbons (Fsp3) is 0.118. The molecule has 1 amide bonds. The molecule has 1 aliphatic heterocycles. The zero-order valence-electron chi connectivity index (χ0n) is 13.9. The number of anilines is 1. The highest BCUT2D eigenvalue weighted by molar-refractivity contribution is 8.26. The number of carbonyl (C=O) groups is 2. The minimum Gasteiger partial charge on any atom is -0.733 e. The first-order valence-electron chi connectivity index (χ1n) is 7.58. The number of carbonyl (C=O) groups excluding carboxylic acids is 1. The lowest BCUT2D eigenvalue weighted by Crippen LogP contribution is -2.33. The van der Waals surface area contributed by atoms with Crippen LogP contribution in [-0.2, 0) is 14.4 Å². The van der Waals surface area contributed by atoms with E-state index >= 15 is 0 Å². The SMILES string of the molecule is CON([O-])c1ccc(-c2ccc(/C=C3/SC(=S)N(CC(=O)O)C3=O)o2)cc1. The van der Waals surface area contributed by atoms with E-state index in [4.69, 9.17) is 21.7 Å². The van der Waals surface area contributed by atoms with E-state index < -0.39 is 18.4 Å². The summed E-state index contributed by atoms with van der Waals surface area (Å²) in [6.07, 6.45) is 1.52. The maximum atomic E-state index is 12.3. The van der Waals surface area contributed by atoms with Gasteiger partial charge in [0.25, 0.3) is 5.91 Å². The van der Waals surface area contributed by atoms with Gasteiger partial charge < -0.3 is 20.0 Å². The Labute approximate surface area is 163 Å². The molecule has 1 aromatic carbocycles. The van der Waals surface area contributed by atoms with Crippen LogP contribution in [0.1, 0.15) is 5.76 Å². The van der Waals surface area contributed by atoms with Gasteiger partial charge in [-0.15, -0.1) is 0 Å². The van der Waals surface area contributed by atoms with Crippen molar-refractivity contribution in [2.24, 2.45) is 0 Å². The van der Waals surface area contributed by atoms with Crippen LogP contribution in [0.4, 0.5) is 5.69 Å². The second-order valence-corrected chi connectivity index (χ2v) is 7.03. The minimum absolute atomic E-state index is 0.191. The summed E-state index contributed by atoms with van der Waals surface area (Å²) in [5, 5.41) is 20.6. The number of aliphatic carboxylic acids is 1. The van der Waals surface area contributed by atoms with Crippen LogP contribution < -0.4 is 5.23 Å². The van der Waals surface area contributed by atoms with Crippen LogP contribution in [-0.4, -0.2) is 39.9 Å². The largest absolute Gasteiger partial charge is 0.733 e. The smallest absolute Gasteiger partial charge is 0.323 e. The number of benzene rings is 1. The van der Waals surface area contributed by atoms with E-state index in [2.05, 4.69) is 4.84 Å². The molecule has 3 rings (SSSR count). The third-order valence-electron chi connectivity index (χ3n) is 3.60. The van der Waals surface area contributed by atoms with Crippen molar-refractivity contribution in [3.63, 3.8) is 0 Å². The maximum Gasteiger partial charge on any atom is 0.323 e. The van der Waals surface area contributed by atoms with E-state index in [1.54, 1.807) is 36.4 Å². The van der Waals surface area contributed by atoms with Crippen molar-refractivity contribution in [3.8, 4) is 11.3 Å². The molecule has 0 atom stereocenters. The summed E-state index contributed by atoms with van der Waals surface area (Å²) in [6.45, 7) is -0.476. The van der Waals surface area contributed by atoms with Crippen molar-refractivity contribution >= 4 is 51.9 Å². The Morgan fingerprint density at radius 3 is 2.70 bits per heavy atom. The Balaban J connectivity index is 1.78. The van der Waals surface area contributed by atoms with Crippen LogP contribution in [0.2, 0.25) is 0 Å². The number of hydrogen-bond donors (Lipinski definition) is 1. The number of rotatable bonds is 6. The van der Waals surface area contributed by atoms with E-state index in [1.807, 2.05) is 0 Å². The van der Waals surface area contributed by atoms with Gasteiger partial charge in [0.2, 0.25) is 0 Å². The lowest BCUT2D eigenvalue weighted by molar-refractivity contribution is -0.140. The molecule has 140 valence electrons. The van der Waals surface area contributed by atoms with Crippen molar-refractivity contribution in [2.45, 2.75) is 0 Å². The molecule has 0 spiro atoms. The lowest BCUT2D eigenvalue weighted by atomic mass is 10.1. The molecule has 27 heavy (non-hydrogen) atoms. The normalized spacial score (nSPS) is 15.6. The number of thioether (sulfide) groups is 1. The summed E-state index contributed by atoms with van der Waals surface area (Å²) in [5.74, 6) is -0.637. The average Bonchev–Trinajstić information content (AvgIpc) is 3.21. The molecule has 0 radical (unpaired) electrons. The first kappa shape index (κ1) is 19.1. The Kier molecular flexibility index (Phi) is 5.61. The molecule has 1 saturated heterocycles. The van der Waals surface area contributed by atoms with Gasteiger partial charge in [-0.1, -0.05) is 24.0 Å². The van der Waals surface area contributed by atoms with E-state index in [9.17, 15) is 14.8 Å². The molecule has 0 bridgehead atoms. The molecule has 1 N–H and O–H groups in total. The fourth-order valence-electron chi connectivity index (χ4n) is 2.34. The van der Waals surface area contributed by atoms with Crippen molar-refractivity contribution in [1.29, 1.82) is 0 Å². The number of amides is 1. The highest BCUT2D eigenvalue weighted by Crippen LogP contribution is 2.33. The standard InChI is InChI=1S/C17H13N2O6S2/c1-24-19(23)11-4-2-10(3-5-11)13-7-6-12(25-13)8-14-16(22)18(9-15(20)21)17(26)27-14/h2-8H,9H2,1H3,(H,20,21)/q-1/b14-8+. The molecule has 8 nitrogen and oxygen atoms in total. The van der Waals surface area contributed by atoms with Crippen LogP contribution in [0.15, 0.2) is 45.7 Å². The Morgan fingerprint density at radius 1 is 1.37 bits per heavy atom. The number of nitrogens with zero attached hydrogens (tertiary/aromatic N) is 2. The van der Waals surface area contributed by atoms with Crippen molar-refractivity contribution in [1.82, 2.24) is 4.90 Å². The molecule has 0 saturated carbocycles. The quantitative estimate of drug-likeness (QED) is 0.441. The van der Waals surface area contributed by atoms with E-state index in [-0.39, 0.29) is 4.32 Å². The van der Waals surface area contributed by atoms with Gasteiger partial charge in [0.05, 0.1) is 17.7 Å². The first-order chi connectivity index (χ1) is 12.9. The summed E-state index contributed by atoms with van der Waals surface area (Å²) in [6, 6.07) is 9.99. The van der Waals surface area contributed by atoms with Gasteiger partial charge in [-0.25, -0.2) is 0 Å². The van der Waals surface area contributed by atoms with Crippen LogP contribution in [0.3, 0.4) is 0 Å². The van der Waals surface area contributed by atoms with Gasteiger partial charge in [0, 0.05) is 11.6 Å². The minimum atomic E-state index is -1.14. The Morgan fingerprint density at radius 2 is 2.07 bits per heavy atom. The molecule has 10 heteroatoms. The monoisotopic (exact) mass is 405 g/mol. The van der Waals surface area contributed by atoms with E-state index in [0.717, 1.165) is 22.2 Å². The fourth-order valence-corrected chi connectivity index (χ4v) is 3.57. The average molecular weight is 405 g/mol. The Hall–Kier alpha value is -2.66.